The SMILES string of the molecule is C[C@@H]1CN(c2ccc(C#N)c3ncccc23)C[C@@H]2c3ccc(N4C[C@H](N)[C@@](C)(O)C4)cc3CN12. The van der Waals surface area contributed by atoms with E-state index in [1.54, 1.807) is 6.20 Å². The number of benzene rings is 2. The van der Waals surface area contributed by atoms with E-state index in [2.05, 4.69) is 63.0 Å². The molecule has 0 amide bonds. The van der Waals surface area contributed by atoms with E-state index >= 15 is 0 Å². The Bertz CT molecular complexity index is 1310. The standard InChI is InChI=1S/C27H30N6O/c1-17-12-31(23-8-5-18(11-28)26-22(23)4-3-9-30-26)14-24-21-7-6-20(10-19(21)13-33(17)24)32-15-25(29)27(2,34)16-32/h3-10,17,24-25,34H,12-16,29H2,1-2H3/t17-,24-,25+,27+/m1/s1. The third-order valence-corrected chi connectivity index (χ3v) is 7.98. The molecule has 2 fully saturated rings. The maximum atomic E-state index is 10.5. The van der Waals surface area contributed by atoms with Gasteiger partial charge in [-0.2, -0.15) is 5.26 Å². The molecule has 2 aromatic carbocycles. The normalized spacial score (nSPS) is 28.7. The zero-order chi connectivity index (χ0) is 23.6. The minimum absolute atomic E-state index is 0.239. The van der Waals surface area contributed by atoms with Crippen molar-refractivity contribution in [2.45, 2.75) is 44.1 Å². The van der Waals surface area contributed by atoms with Gasteiger partial charge in [-0.05, 0) is 61.4 Å². The first kappa shape index (κ1) is 21.4. The Morgan fingerprint density at radius 1 is 1.15 bits per heavy atom. The number of nitrogens with zero attached hydrogens (tertiary/aromatic N) is 5. The Morgan fingerprint density at radius 3 is 2.76 bits per heavy atom. The van der Waals surface area contributed by atoms with Crippen LogP contribution in [0.15, 0.2) is 48.7 Å². The molecular formula is C27H30N6O. The van der Waals surface area contributed by atoms with Crippen LogP contribution in [0.3, 0.4) is 0 Å². The van der Waals surface area contributed by atoms with Gasteiger partial charge in [0.05, 0.1) is 28.8 Å². The van der Waals surface area contributed by atoms with Crippen LogP contribution in [0.5, 0.6) is 0 Å². The fourth-order valence-corrected chi connectivity index (χ4v) is 6.03. The highest BCUT2D eigenvalue weighted by Crippen LogP contribution is 2.42. The fourth-order valence-electron chi connectivity index (χ4n) is 6.03. The quantitative estimate of drug-likeness (QED) is 0.615. The topological polar surface area (TPSA) is 92.7 Å². The van der Waals surface area contributed by atoms with Gasteiger partial charge in [0, 0.05) is 61.7 Å². The number of pyridine rings is 1. The second-order valence-corrected chi connectivity index (χ2v) is 10.3. The van der Waals surface area contributed by atoms with Crippen molar-refractivity contribution in [2.75, 3.05) is 36.0 Å². The van der Waals surface area contributed by atoms with E-state index in [0.29, 0.717) is 30.7 Å². The minimum Gasteiger partial charge on any atom is -0.387 e. The molecule has 3 aliphatic heterocycles. The van der Waals surface area contributed by atoms with Crippen LogP contribution < -0.4 is 15.5 Å². The van der Waals surface area contributed by atoms with Crippen LogP contribution in [0.1, 0.15) is 36.6 Å². The summed E-state index contributed by atoms with van der Waals surface area (Å²) in [5.41, 5.74) is 11.7. The molecule has 0 radical (unpaired) electrons. The molecular weight excluding hydrogens is 424 g/mol. The van der Waals surface area contributed by atoms with Gasteiger partial charge in [-0.1, -0.05) is 6.07 Å². The molecule has 0 unspecified atom stereocenters. The number of β-amino-alcohol motifs (C(OH)–C–C–N with tert-alkyl or cyclic N) is 1. The zero-order valence-corrected chi connectivity index (χ0v) is 19.6. The van der Waals surface area contributed by atoms with E-state index < -0.39 is 5.60 Å². The number of hydrogen-bond acceptors (Lipinski definition) is 7. The van der Waals surface area contributed by atoms with Crippen molar-refractivity contribution < 1.29 is 5.11 Å². The summed E-state index contributed by atoms with van der Waals surface area (Å²) in [5.74, 6) is 0. The van der Waals surface area contributed by atoms with Crippen molar-refractivity contribution in [3.8, 4) is 6.07 Å². The number of rotatable bonds is 2. The van der Waals surface area contributed by atoms with E-state index in [1.807, 2.05) is 19.1 Å². The van der Waals surface area contributed by atoms with Crippen molar-refractivity contribution in [2.24, 2.45) is 5.73 Å². The number of aromatic nitrogens is 1. The number of nitriles is 1. The molecule has 3 N–H and O–H groups in total. The summed E-state index contributed by atoms with van der Waals surface area (Å²) in [6, 6.07) is 17.5. The molecule has 7 nitrogen and oxygen atoms in total. The Labute approximate surface area is 200 Å². The van der Waals surface area contributed by atoms with Crippen molar-refractivity contribution in [3.63, 3.8) is 0 Å². The van der Waals surface area contributed by atoms with E-state index in [9.17, 15) is 10.4 Å². The van der Waals surface area contributed by atoms with Gasteiger partial charge in [0.15, 0.2) is 0 Å². The lowest BCUT2D eigenvalue weighted by Gasteiger charge is -2.43. The molecule has 174 valence electrons. The van der Waals surface area contributed by atoms with Gasteiger partial charge in [-0.15, -0.1) is 0 Å². The third kappa shape index (κ3) is 3.25. The van der Waals surface area contributed by atoms with Gasteiger partial charge < -0.3 is 20.6 Å². The largest absolute Gasteiger partial charge is 0.387 e. The molecule has 7 heteroatoms. The van der Waals surface area contributed by atoms with E-state index in [-0.39, 0.29) is 6.04 Å². The number of aliphatic hydroxyl groups is 1. The minimum atomic E-state index is -0.857. The number of hydrogen-bond donors (Lipinski definition) is 2. The molecule has 34 heavy (non-hydrogen) atoms. The molecule has 0 aliphatic carbocycles. The smallest absolute Gasteiger partial charge is 0.101 e. The predicted octanol–water partition coefficient (Wildman–Crippen LogP) is 2.77. The first-order chi connectivity index (χ1) is 16.4. The van der Waals surface area contributed by atoms with E-state index in [1.165, 1.54) is 11.1 Å². The highest BCUT2D eigenvalue weighted by molar-refractivity contribution is 5.95. The van der Waals surface area contributed by atoms with Crippen LogP contribution in [0, 0.1) is 11.3 Å². The van der Waals surface area contributed by atoms with Crippen LogP contribution in [0.4, 0.5) is 11.4 Å². The van der Waals surface area contributed by atoms with Crippen molar-refractivity contribution >= 4 is 22.3 Å². The van der Waals surface area contributed by atoms with Gasteiger partial charge in [-0.3, -0.25) is 9.88 Å². The molecule has 4 heterocycles. The maximum Gasteiger partial charge on any atom is 0.101 e. The van der Waals surface area contributed by atoms with Crippen LogP contribution >= 0.6 is 0 Å². The lowest BCUT2D eigenvalue weighted by molar-refractivity contribution is 0.0674. The monoisotopic (exact) mass is 454 g/mol. The first-order valence-corrected chi connectivity index (χ1v) is 12.0. The molecule has 3 aromatic rings. The van der Waals surface area contributed by atoms with Crippen molar-refractivity contribution in [1.29, 1.82) is 5.26 Å². The summed E-state index contributed by atoms with van der Waals surface area (Å²) in [4.78, 5) is 11.8. The number of nitrogens with two attached hydrogens (primary N) is 1. The first-order valence-electron chi connectivity index (χ1n) is 12.0. The van der Waals surface area contributed by atoms with Crippen LogP contribution in [0.25, 0.3) is 10.9 Å². The lowest BCUT2D eigenvalue weighted by atomic mass is 9.99. The second-order valence-electron chi connectivity index (χ2n) is 10.3. The van der Waals surface area contributed by atoms with Gasteiger partial charge in [-0.25, -0.2) is 0 Å². The summed E-state index contributed by atoms with van der Waals surface area (Å²) < 4.78 is 0. The van der Waals surface area contributed by atoms with Crippen LogP contribution in [0.2, 0.25) is 0 Å². The molecule has 2 saturated heterocycles. The molecule has 3 aliphatic rings. The Balaban J connectivity index is 1.32. The molecule has 4 atom stereocenters. The highest BCUT2D eigenvalue weighted by atomic mass is 16.3. The summed E-state index contributed by atoms with van der Waals surface area (Å²) in [7, 11) is 0. The average Bonchev–Trinajstić information content (AvgIpc) is 3.34. The highest BCUT2D eigenvalue weighted by Gasteiger charge is 2.41. The van der Waals surface area contributed by atoms with Crippen LogP contribution in [-0.2, 0) is 6.54 Å². The molecule has 0 saturated carbocycles. The molecule has 0 bridgehead atoms. The zero-order valence-electron chi connectivity index (χ0n) is 19.6. The number of anilines is 2. The Kier molecular flexibility index (Phi) is 4.82. The molecule has 1 aromatic heterocycles. The van der Waals surface area contributed by atoms with Gasteiger partial charge in [0.25, 0.3) is 0 Å². The number of piperazine rings is 1. The van der Waals surface area contributed by atoms with E-state index in [4.69, 9.17) is 5.73 Å². The lowest BCUT2D eigenvalue weighted by Crippen LogP contribution is -2.51. The summed E-state index contributed by atoms with van der Waals surface area (Å²) in [6.45, 7) is 8.12. The molecule has 0 spiro atoms. The van der Waals surface area contributed by atoms with Crippen LogP contribution in [-0.4, -0.2) is 58.9 Å². The van der Waals surface area contributed by atoms with Crippen molar-refractivity contribution in [3.05, 3.63) is 65.4 Å². The summed E-state index contributed by atoms with van der Waals surface area (Å²) in [5, 5.41) is 21.1. The maximum absolute atomic E-state index is 10.5. The fraction of sp³-hybridized carbons (Fsp3) is 0.407. The third-order valence-electron chi connectivity index (χ3n) is 7.98. The Morgan fingerprint density at radius 2 is 2.00 bits per heavy atom. The second kappa shape index (κ2) is 7.67. The van der Waals surface area contributed by atoms with E-state index in [0.717, 1.165) is 41.9 Å². The Hall–Kier alpha value is -3.18. The number of fused-ring (bicyclic) bond motifs is 4. The van der Waals surface area contributed by atoms with Gasteiger partial charge >= 0.3 is 0 Å². The summed E-state index contributed by atoms with van der Waals surface area (Å²) in [6.07, 6.45) is 1.75. The predicted molar refractivity (Wildman–Crippen MR) is 134 cm³/mol. The van der Waals surface area contributed by atoms with Gasteiger partial charge in [0.1, 0.15) is 6.07 Å². The van der Waals surface area contributed by atoms with Gasteiger partial charge in [0.2, 0.25) is 0 Å². The van der Waals surface area contributed by atoms with Crippen molar-refractivity contribution in [1.82, 2.24) is 9.88 Å². The summed E-state index contributed by atoms with van der Waals surface area (Å²) >= 11 is 0. The molecule has 6 rings (SSSR count). The average molecular weight is 455 g/mol.